The van der Waals surface area contributed by atoms with E-state index in [-0.39, 0.29) is 0 Å². The second-order valence-corrected chi connectivity index (χ2v) is 4.62. The highest BCUT2D eigenvalue weighted by Crippen LogP contribution is 2.29. The molecule has 5 nitrogen and oxygen atoms in total. The van der Waals surface area contributed by atoms with E-state index >= 15 is 0 Å². The van der Waals surface area contributed by atoms with Crippen molar-refractivity contribution >= 4 is 27.5 Å². The van der Waals surface area contributed by atoms with E-state index in [1.165, 1.54) is 0 Å². The van der Waals surface area contributed by atoms with Crippen molar-refractivity contribution in [3.63, 3.8) is 0 Å². The highest BCUT2D eigenvalue weighted by atomic mass is 14.9. The number of nitrogens with one attached hydrogen (secondary N) is 1. The minimum Gasteiger partial charge on any atom is -0.383 e. The van der Waals surface area contributed by atoms with Gasteiger partial charge in [-0.05, 0) is 23.6 Å². The van der Waals surface area contributed by atoms with Crippen LogP contribution in [0.1, 0.15) is 0 Å². The van der Waals surface area contributed by atoms with Crippen LogP contribution in [0.3, 0.4) is 0 Å². The van der Waals surface area contributed by atoms with Gasteiger partial charge in [0.1, 0.15) is 5.82 Å². The number of aromatic nitrogens is 4. The Bertz CT molecular complexity index is 926. The number of nitrogens with zero attached hydrogens (tertiary/aromatic N) is 3. The quantitative estimate of drug-likeness (QED) is 0.552. The Morgan fingerprint density at radius 3 is 2.90 bits per heavy atom. The highest BCUT2D eigenvalue weighted by Gasteiger charge is 2.09. The summed E-state index contributed by atoms with van der Waals surface area (Å²) in [5.74, 6) is 0.484. The van der Waals surface area contributed by atoms with Crippen LogP contribution in [0.2, 0.25) is 0 Å². The van der Waals surface area contributed by atoms with Gasteiger partial charge in [0.25, 0.3) is 0 Å². The number of H-pyrrole nitrogens is 1. The van der Waals surface area contributed by atoms with E-state index in [2.05, 4.69) is 19.9 Å². The number of nitrogens with two attached hydrogens (primary N) is 1. The second-order valence-electron chi connectivity index (χ2n) is 4.62. The molecular weight excluding hydrogens is 250 g/mol. The van der Waals surface area contributed by atoms with Gasteiger partial charge in [-0.15, -0.1) is 0 Å². The van der Waals surface area contributed by atoms with Gasteiger partial charge in [0, 0.05) is 41.1 Å². The number of fused-ring (bicyclic) bond motifs is 2. The van der Waals surface area contributed by atoms with Crippen molar-refractivity contribution in [2.45, 2.75) is 0 Å². The monoisotopic (exact) mass is 261 g/mol. The molecule has 0 atom stereocenters. The lowest BCUT2D eigenvalue weighted by molar-refractivity contribution is 1.30. The molecule has 4 rings (SSSR count). The van der Waals surface area contributed by atoms with Gasteiger partial charge in [0.05, 0.1) is 17.4 Å². The maximum Gasteiger partial charge on any atom is 0.133 e. The third-order valence-electron chi connectivity index (χ3n) is 3.42. The van der Waals surface area contributed by atoms with Gasteiger partial charge in [0.2, 0.25) is 0 Å². The fraction of sp³-hybridized carbons (Fsp3) is 0. The summed E-state index contributed by atoms with van der Waals surface area (Å²) in [5.41, 5.74) is 8.80. The zero-order valence-electron chi connectivity index (χ0n) is 10.5. The lowest BCUT2D eigenvalue weighted by Crippen LogP contribution is -1.95. The third-order valence-corrected chi connectivity index (χ3v) is 3.42. The molecule has 3 N–H and O–H groups in total. The lowest BCUT2D eigenvalue weighted by atomic mass is 10.1. The van der Waals surface area contributed by atoms with Gasteiger partial charge in [0.15, 0.2) is 0 Å². The molecule has 0 aliphatic heterocycles. The number of anilines is 1. The zero-order valence-corrected chi connectivity index (χ0v) is 10.5. The summed E-state index contributed by atoms with van der Waals surface area (Å²) in [5, 5.41) is 2.97. The van der Waals surface area contributed by atoms with Gasteiger partial charge in [-0.2, -0.15) is 0 Å². The van der Waals surface area contributed by atoms with Crippen LogP contribution >= 0.6 is 0 Å². The van der Waals surface area contributed by atoms with Crippen molar-refractivity contribution in [3.8, 4) is 11.3 Å². The van der Waals surface area contributed by atoms with Gasteiger partial charge >= 0.3 is 0 Å². The minimum atomic E-state index is 0.484. The van der Waals surface area contributed by atoms with Gasteiger partial charge in [-0.25, -0.2) is 4.98 Å². The summed E-state index contributed by atoms with van der Waals surface area (Å²) in [7, 11) is 0. The minimum absolute atomic E-state index is 0.484. The summed E-state index contributed by atoms with van der Waals surface area (Å²) in [6.45, 7) is 0. The van der Waals surface area contributed by atoms with Crippen molar-refractivity contribution in [3.05, 3.63) is 49.2 Å². The van der Waals surface area contributed by atoms with Crippen LogP contribution in [0, 0.1) is 0 Å². The fourth-order valence-corrected chi connectivity index (χ4v) is 2.44. The van der Waals surface area contributed by atoms with Crippen molar-refractivity contribution in [2.24, 2.45) is 0 Å². The second kappa shape index (κ2) is 4.03. The Morgan fingerprint density at radius 1 is 1.00 bits per heavy atom. The smallest absolute Gasteiger partial charge is 0.133 e. The first-order valence-electron chi connectivity index (χ1n) is 6.24. The molecule has 96 valence electrons. The number of nitrogen functional groups attached to an aromatic ring is 1. The SMILES string of the molecule is Nc1nc(-c2cncc3[nH]ccc23)cc2ccncc12. The molecule has 4 heterocycles. The van der Waals surface area contributed by atoms with Gasteiger partial charge in [-0.3, -0.25) is 9.97 Å². The summed E-state index contributed by atoms with van der Waals surface area (Å²) in [6, 6.07) is 5.96. The van der Waals surface area contributed by atoms with Crippen LogP contribution < -0.4 is 5.73 Å². The van der Waals surface area contributed by atoms with Gasteiger partial charge in [-0.1, -0.05) is 0 Å². The molecule has 0 saturated heterocycles. The standard InChI is InChI=1S/C15H11N5/c16-15-11-6-17-3-1-9(11)5-13(20-15)12-7-18-8-14-10(12)2-4-19-14/h1-8,19H,(H2,16,20). The zero-order chi connectivity index (χ0) is 13.5. The van der Waals surface area contributed by atoms with Crippen LogP contribution in [-0.4, -0.2) is 19.9 Å². The summed E-state index contributed by atoms with van der Waals surface area (Å²) >= 11 is 0. The molecule has 4 aromatic heterocycles. The van der Waals surface area contributed by atoms with Crippen molar-refractivity contribution in [1.82, 2.24) is 19.9 Å². The average molecular weight is 261 g/mol. The van der Waals surface area contributed by atoms with Crippen LogP contribution in [0.4, 0.5) is 5.82 Å². The number of rotatable bonds is 1. The molecule has 0 fully saturated rings. The number of aromatic amines is 1. The number of hydrogen-bond donors (Lipinski definition) is 2. The van der Waals surface area contributed by atoms with E-state index in [1.807, 2.05) is 30.6 Å². The van der Waals surface area contributed by atoms with Crippen molar-refractivity contribution in [1.29, 1.82) is 0 Å². The molecule has 0 unspecified atom stereocenters. The normalized spacial score (nSPS) is 11.2. The first-order chi connectivity index (χ1) is 9.83. The van der Waals surface area contributed by atoms with Crippen molar-refractivity contribution < 1.29 is 0 Å². The molecular formula is C15H11N5. The molecule has 0 aliphatic rings. The topological polar surface area (TPSA) is 80.5 Å². The highest BCUT2D eigenvalue weighted by molar-refractivity contribution is 5.98. The molecule has 0 spiro atoms. The Kier molecular flexibility index (Phi) is 2.20. The van der Waals surface area contributed by atoms with E-state index in [0.717, 1.165) is 32.9 Å². The molecule has 0 saturated carbocycles. The van der Waals surface area contributed by atoms with Crippen molar-refractivity contribution in [2.75, 3.05) is 5.73 Å². The fourth-order valence-electron chi connectivity index (χ4n) is 2.44. The lowest BCUT2D eigenvalue weighted by Gasteiger charge is -2.06. The molecule has 0 aromatic carbocycles. The summed E-state index contributed by atoms with van der Waals surface area (Å²) in [6.07, 6.45) is 8.99. The van der Waals surface area contributed by atoms with E-state index in [0.29, 0.717) is 5.82 Å². The first-order valence-corrected chi connectivity index (χ1v) is 6.24. The molecule has 20 heavy (non-hydrogen) atoms. The van der Waals surface area contributed by atoms with Crippen LogP contribution in [0.5, 0.6) is 0 Å². The Labute approximate surface area is 114 Å². The predicted molar refractivity (Wildman–Crippen MR) is 79.0 cm³/mol. The Balaban J connectivity index is 2.05. The number of hydrogen-bond acceptors (Lipinski definition) is 4. The molecule has 0 amide bonds. The maximum absolute atomic E-state index is 6.03. The Morgan fingerprint density at radius 2 is 1.95 bits per heavy atom. The van der Waals surface area contributed by atoms with E-state index in [4.69, 9.17) is 5.73 Å². The summed E-state index contributed by atoms with van der Waals surface area (Å²) in [4.78, 5) is 16.0. The van der Waals surface area contributed by atoms with Crippen LogP contribution in [0.15, 0.2) is 49.2 Å². The third kappa shape index (κ3) is 1.53. The Hall–Kier alpha value is -2.95. The first kappa shape index (κ1) is 10.9. The number of pyridine rings is 3. The average Bonchev–Trinajstić information content (AvgIpc) is 2.95. The summed E-state index contributed by atoms with van der Waals surface area (Å²) < 4.78 is 0. The molecule has 0 aliphatic carbocycles. The van der Waals surface area contributed by atoms with Gasteiger partial charge < -0.3 is 10.7 Å². The van der Waals surface area contributed by atoms with Crippen LogP contribution in [0.25, 0.3) is 32.9 Å². The molecule has 5 heteroatoms. The predicted octanol–water partition coefficient (Wildman–Crippen LogP) is 2.76. The largest absolute Gasteiger partial charge is 0.383 e. The maximum atomic E-state index is 6.03. The van der Waals surface area contributed by atoms with E-state index in [1.54, 1.807) is 18.6 Å². The molecule has 0 bridgehead atoms. The molecule has 4 aromatic rings. The van der Waals surface area contributed by atoms with E-state index < -0.39 is 0 Å². The van der Waals surface area contributed by atoms with Crippen LogP contribution in [-0.2, 0) is 0 Å². The molecule has 0 radical (unpaired) electrons. The van der Waals surface area contributed by atoms with E-state index in [9.17, 15) is 0 Å².